The molecule has 0 aliphatic carbocycles. The van der Waals surface area contributed by atoms with E-state index in [0.717, 1.165) is 32.9 Å². The van der Waals surface area contributed by atoms with Crippen molar-refractivity contribution in [2.45, 2.75) is 32.9 Å². The van der Waals surface area contributed by atoms with Crippen molar-refractivity contribution in [3.05, 3.63) is 62.1 Å². The van der Waals surface area contributed by atoms with Gasteiger partial charge in [0.15, 0.2) is 11.5 Å². The van der Waals surface area contributed by atoms with Crippen molar-refractivity contribution in [3.8, 4) is 11.5 Å². The van der Waals surface area contributed by atoms with Crippen molar-refractivity contribution in [2.75, 3.05) is 7.11 Å². The Morgan fingerprint density at radius 3 is 2.59 bits per heavy atom. The third-order valence-corrected chi connectivity index (χ3v) is 6.32. The first-order valence-corrected chi connectivity index (χ1v) is 11.2. The van der Waals surface area contributed by atoms with E-state index in [9.17, 15) is 9.59 Å². The molecule has 0 unspecified atom stereocenters. The highest BCUT2D eigenvalue weighted by atomic mass is 127. The Morgan fingerprint density at radius 1 is 1.21 bits per heavy atom. The van der Waals surface area contributed by atoms with E-state index in [4.69, 9.17) is 9.47 Å². The molecular formula is C22H22INO4S. The lowest BCUT2D eigenvalue weighted by atomic mass is 10.1. The van der Waals surface area contributed by atoms with Crippen LogP contribution in [-0.2, 0) is 11.4 Å². The number of carbonyl (C=O) groups excluding carboxylic acids is 2. The lowest BCUT2D eigenvalue weighted by molar-refractivity contribution is -0.124. The summed E-state index contributed by atoms with van der Waals surface area (Å²) in [6.07, 6.45) is 2.46. The normalized spacial score (nSPS) is 16.4. The number of hydrogen-bond donors (Lipinski definition) is 0. The number of ether oxygens (including phenoxy) is 2. The smallest absolute Gasteiger partial charge is 0.293 e. The zero-order valence-electron chi connectivity index (χ0n) is 16.5. The van der Waals surface area contributed by atoms with E-state index in [1.165, 1.54) is 4.90 Å². The fourth-order valence-electron chi connectivity index (χ4n) is 2.89. The molecule has 0 saturated carbocycles. The number of imide groups is 1. The van der Waals surface area contributed by atoms with E-state index < -0.39 is 0 Å². The average Bonchev–Trinajstić information content (AvgIpc) is 3.00. The Balaban J connectivity index is 1.84. The molecule has 1 aliphatic heterocycles. The highest BCUT2D eigenvalue weighted by Crippen LogP contribution is 2.38. The van der Waals surface area contributed by atoms with Crippen LogP contribution in [0, 0.1) is 3.57 Å². The van der Waals surface area contributed by atoms with Crippen molar-refractivity contribution >= 4 is 51.6 Å². The van der Waals surface area contributed by atoms with Gasteiger partial charge in [-0.3, -0.25) is 14.5 Å². The van der Waals surface area contributed by atoms with Gasteiger partial charge in [-0.2, -0.15) is 0 Å². The minimum absolute atomic E-state index is 0.114. The summed E-state index contributed by atoms with van der Waals surface area (Å²) in [6.45, 7) is 4.27. The topological polar surface area (TPSA) is 55.8 Å². The highest BCUT2D eigenvalue weighted by molar-refractivity contribution is 14.1. The largest absolute Gasteiger partial charge is 0.493 e. The molecule has 0 spiro atoms. The number of hydrogen-bond acceptors (Lipinski definition) is 5. The van der Waals surface area contributed by atoms with Crippen molar-refractivity contribution in [1.82, 2.24) is 4.90 Å². The molecule has 1 heterocycles. The quantitative estimate of drug-likeness (QED) is 0.344. The molecule has 29 heavy (non-hydrogen) atoms. The van der Waals surface area contributed by atoms with Crippen LogP contribution in [0.4, 0.5) is 4.79 Å². The van der Waals surface area contributed by atoms with Crippen LogP contribution in [0.15, 0.2) is 47.4 Å². The van der Waals surface area contributed by atoms with Gasteiger partial charge in [-0.25, -0.2) is 0 Å². The molecule has 1 atom stereocenters. The van der Waals surface area contributed by atoms with Gasteiger partial charge in [0.05, 0.1) is 15.6 Å². The monoisotopic (exact) mass is 523 g/mol. The summed E-state index contributed by atoms with van der Waals surface area (Å²) in [5.41, 5.74) is 1.85. The van der Waals surface area contributed by atoms with Crippen LogP contribution in [0.3, 0.4) is 0 Å². The number of methoxy groups -OCH3 is 1. The van der Waals surface area contributed by atoms with E-state index in [1.807, 2.05) is 56.3 Å². The van der Waals surface area contributed by atoms with Gasteiger partial charge < -0.3 is 9.47 Å². The summed E-state index contributed by atoms with van der Waals surface area (Å²) in [7, 11) is 1.58. The van der Waals surface area contributed by atoms with E-state index in [1.54, 1.807) is 13.2 Å². The maximum Gasteiger partial charge on any atom is 0.293 e. The number of halogens is 1. The second-order valence-corrected chi connectivity index (χ2v) is 8.77. The third kappa shape index (κ3) is 4.95. The maximum absolute atomic E-state index is 12.6. The van der Waals surface area contributed by atoms with E-state index in [2.05, 4.69) is 22.6 Å². The van der Waals surface area contributed by atoms with Gasteiger partial charge in [0.1, 0.15) is 6.61 Å². The van der Waals surface area contributed by atoms with Crippen molar-refractivity contribution < 1.29 is 19.1 Å². The molecule has 2 aromatic rings. The van der Waals surface area contributed by atoms with Crippen molar-refractivity contribution in [2.24, 2.45) is 0 Å². The highest BCUT2D eigenvalue weighted by Gasteiger charge is 2.37. The molecule has 152 valence electrons. The van der Waals surface area contributed by atoms with Crippen LogP contribution in [0.5, 0.6) is 11.5 Å². The molecule has 0 radical (unpaired) electrons. The number of carbonyl (C=O) groups is 2. The summed E-state index contributed by atoms with van der Waals surface area (Å²) in [6, 6.07) is 13.5. The fraction of sp³-hybridized carbons (Fsp3) is 0.273. The molecular weight excluding hydrogens is 501 g/mol. The van der Waals surface area contributed by atoms with Gasteiger partial charge in [-0.1, -0.05) is 37.3 Å². The molecule has 7 heteroatoms. The minimum atomic E-state index is -0.243. The number of thioether (sulfide) groups is 1. The maximum atomic E-state index is 12.6. The van der Waals surface area contributed by atoms with E-state index in [0.29, 0.717) is 23.0 Å². The van der Waals surface area contributed by atoms with Crippen LogP contribution >= 0.6 is 34.4 Å². The molecule has 0 bridgehead atoms. The van der Waals surface area contributed by atoms with Crippen LogP contribution in [0.2, 0.25) is 0 Å². The number of amides is 2. The molecule has 1 saturated heterocycles. The molecule has 0 N–H and O–H groups in total. The Bertz CT molecular complexity index is 945. The second kappa shape index (κ2) is 9.67. The molecule has 1 aliphatic rings. The van der Waals surface area contributed by atoms with Gasteiger partial charge >= 0.3 is 0 Å². The average molecular weight is 523 g/mol. The second-order valence-electron chi connectivity index (χ2n) is 6.62. The van der Waals surface area contributed by atoms with Gasteiger partial charge in [-0.15, -0.1) is 0 Å². The minimum Gasteiger partial charge on any atom is -0.493 e. The van der Waals surface area contributed by atoms with Gasteiger partial charge in [-0.05, 0) is 77.0 Å². The summed E-state index contributed by atoms with van der Waals surface area (Å²) in [5, 5.41) is -0.222. The first kappa shape index (κ1) is 21.7. The Labute approximate surface area is 188 Å². The summed E-state index contributed by atoms with van der Waals surface area (Å²) in [4.78, 5) is 26.6. The predicted molar refractivity (Wildman–Crippen MR) is 124 cm³/mol. The van der Waals surface area contributed by atoms with Crippen molar-refractivity contribution in [1.29, 1.82) is 0 Å². The number of rotatable bonds is 7. The molecule has 1 fully saturated rings. The Kier molecular flexibility index (Phi) is 7.23. The zero-order valence-corrected chi connectivity index (χ0v) is 19.5. The predicted octanol–water partition coefficient (Wildman–Crippen LogP) is 5.71. The van der Waals surface area contributed by atoms with E-state index >= 15 is 0 Å². The Morgan fingerprint density at radius 2 is 1.93 bits per heavy atom. The molecule has 2 amide bonds. The van der Waals surface area contributed by atoms with E-state index in [-0.39, 0.29) is 17.2 Å². The standard InChI is InChI=1S/C22H22INO4S/c1-4-14(2)24-21(25)19(29-22(24)26)12-16-10-17(23)20(18(11-16)27-3)28-13-15-8-6-5-7-9-15/h5-12,14H,4,13H2,1-3H3/b19-12+/t14-/m1/s1. The van der Waals surface area contributed by atoms with Gasteiger partial charge in [0.25, 0.3) is 11.1 Å². The Hall–Kier alpha value is -2.00. The molecule has 0 aromatic heterocycles. The first-order valence-electron chi connectivity index (χ1n) is 9.26. The lowest BCUT2D eigenvalue weighted by Crippen LogP contribution is -2.36. The summed E-state index contributed by atoms with van der Waals surface area (Å²) < 4.78 is 12.4. The molecule has 5 nitrogen and oxygen atoms in total. The summed E-state index contributed by atoms with van der Waals surface area (Å²) >= 11 is 3.17. The molecule has 2 aromatic carbocycles. The van der Waals surface area contributed by atoms with Crippen molar-refractivity contribution in [3.63, 3.8) is 0 Å². The van der Waals surface area contributed by atoms with Gasteiger partial charge in [0, 0.05) is 6.04 Å². The van der Waals surface area contributed by atoms with Crippen LogP contribution < -0.4 is 9.47 Å². The lowest BCUT2D eigenvalue weighted by Gasteiger charge is -2.19. The van der Waals surface area contributed by atoms with Crippen LogP contribution in [0.1, 0.15) is 31.4 Å². The van der Waals surface area contributed by atoms with Crippen LogP contribution in [-0.4, -0.2) is 29.2 Å². The van der Waals surface area contributed by atoms with Gasteiger partial charge in [0.2, 0.25) is 0 Å². The first-order chi connectivity index (χ1) is 13.9. The number of benzene rings is 2. The number of nitrogens with zero attached hydrogens (tertiary/aromatic N) is 1. The van der Waals surface area contributed by atoms with Crippen LogP contribution in [0.25, 0.3) is 6.08 Å². The SMILES string of the molecule is CC[C@@H](C)N1C(=O)S/C(=C/c2cc(I)c(OCc3ccccc3)c(OC)c2)C1=O. The fourth-order valence-corrected chi connectivity index (χ4v) is 4.60. The zero-order chi connectivity index (χ0) is 21.0. The summed E-state index contributed by atoms with van der Waals surface area (Å²) in [5.74, 6) is 0.995. The third-order valence-electron chi connectivity index (χ3n) is 4.63. The molecule has 3 rings (SSSR count).